The van der Waals surface area contributed by atoms with E-state index in [1.54, 1.807) is 10.9 Å². The predicted octanol–water partition coefficient (Wildman–Crippen LogP) is 2.37. The SMILES string of the molecule is CC(C)(C)n1ncc2c(=O)[nH]c(NCCOc3ccccc3)nc21. The number of fused-ring (bicyclic) bond motifs is 1. The van der Waals surface area contributed by atoms with Crippen molar-refractivity contribution in [1.29, 1.82) is 0 Å². The maximum absolute atomic E-state index is 12.2. The highest BCUT2D eigenvalue weighted by molar-refractivity contribution is 5.74. The molecule has 7 heteroatoms. The van der Waals surface area contributed by atoms with Crippen molar-refractivity contribution in [3.63, 3.8) is 0 Å². The van der Waals surface area contributed by atoms with Gasteiger partial charge in [-0.05, 0) is 32.9 Å². The molecule has 0 amide bonds. The highest BCUT2D eigenvalue weighted by Crippen LogP contribution is 2.18. The Balaban J connectivity index is 1.72. The van der Waals surface area contributed by atoms with Crippen LogP contribution in [0.5, 0.6) is 5.75 Å². The number of nitrogens with zero attached hydrogens (tertiary/aromatic N) is 3. The normalized spacial score (nSPS) is 11.6. The molecule has 0 saturated carbocycles. The molecule has 0 unspecified atom stereocenters. The van der Waals surface area contributed by atoms with Gasteiger partial charge in [-0.15, -0.1) is 0 Å². The zero-order valence-corrected chi connectivity index (χ0v) is 14.0. The molecule has 24 heavy (non-hydrogen) atoms. The van der Waals surface area contributed by atoms with Crippen LogP contribution in [-0.2, 0) is 5.54 Å². The molecule has 0 aliphatic carbocycles. The molecule has 7 nitrogen and oxygen atoms in total. The fourth-order valence-corrected chi connectivity index (χ4v) is 2.35. The van der Waals surface area contributed by atoms with Crippen molar-refractivity contribution in [2.75, 3.05) is 18.5 Å². The van der Waals surface area contributed by atoms with Crippen LogP contribution in [0.2, 0.25) is 0 Å². The highest BCUT2D eigenvalue weighted by atomic mass is 16.5. The van der Waals surface area contributed by atoms with Crippen molar-refractivity contribution in [3.05, 3.63) is 46.9 Å². The van der Waals surface area contributed by atoms with E-state index in [2.05, 4.69) is 20.4 Å². The molecule has 0 atom stereocenters. The number of para-hydroxylation sites is 1. The van der Waals surface area contributed by atoms with Gasteiger partial charge in [0.25, 0.3) is 5.56 Å². The molecule has 3 rings (SSSR count). The summed E-state index contributed by atoms with van der Waals surface area (Å²) in [5, 5.41) is 7.85. The standard InChI is InChI=1S/C17H21N5O2/c1-17(2,3)22-14-13(11-19-22)15(23)21-16(20-14)18-9-10-24-12-7-5-4-6-8-12/h4-8,11H,9-10H2,1-3H3,(H2,18,20,21,23). The Morgan fingerprint density at radius 3 is 2.71 bits per heavy atom. The Morgan fingerprint density at radius 2 is 2.00 bits per heavy atom. The molecule has 3 aromatic rings. The molecule has 0 fully saturated rings. The first-order valence-electron chi connectivity index (χ1n) is 7.85. The first kappa shape index (κ1) is 16.0. The largest absolute Gasteiger partial charge is 0.492 e. The van der Waals surface area contributed by atoms with E-state index < -0.39 is 0 Å². The maximum atomic E-state index is 12.2. The predicted molar refractivity (Wildman–Crippen MR) is 93.6 cm³/mol. The second kappa shape index (κ2) is 6.35. The molecule has 0 radical (unpaired) electrons. The lowest BCUT2D eigenvalue weighted by molar-refractivity contribution is 0.332. The zero-order chi connectivity index (χ0) is 17.2. The Bertz CT molecular complexity index is 877. The molecule has 0 saturated heterocycles. The second-order valence-corrected chi connectivity index (χ2v) is 6.47. The van der Waals surface area contributed by atoms with Gasteiger partial charge in [0, 0.05) is 0 Å². The van der Waals surface area contributed by atoms with Crippen molar-refractivity contribution in [3.8, 4) is 5.75 Å². The molecule has 2 aromatic heterocycles. The van der Waals surface area contributed by atoms with Gasteiger partial charge in [-0.3, -0.25) is 9.78 Å². The van der Waals surface area contributed by atoms with Crippen molar-refractivity contribution < 1.29 is 4.74 Å². The van der Waals surface area contributed by atoms with Crippen LogP contribution in [0.25, 0.3) is 11.0 Å². The van der Waals surface area contributed by atoms with E-state index in [1.165, 1.54) is 0 Å². The molecule has 2 heterocycles. The van der Waals surface area contributed by atoms with E-state index >= 15 is 0 Å². The van der Waals surface area contributed by atoms with Crippen LogP contribution in [0.3, 0.4) is 0 Å². The minimum Gasteiger partial charge on any atom is -0.492 e. The second-order valence-electron chi connectivity index (χ2n) is 6.47. The minimum atomic E-state index is -0.254. The summed E-state index contributed by atoms with van der Waals surface area (Å²) in [5.41, 5.74) is 0.107. The van der Waals surface area contributed by atoms with Crippen molar-refractivity contribution in [2.45, 2.75) is 26.3 Å². The Hall–Kier alpha value is -2.83. The van der Waals surface area contributed by atoms with Gasteiger partial charge in [0.1, 0.15) is 17.7 Å². The van der Waals surface area contributed by atoms with Gasteiger partial charge in [-0.25, -0.2) is 4.68 Å². The Morgan fingerprint density at radius 1 is 1.25 bits per heavy atom. The topological polar surface area (TPSA) is 84.8 Å². The molecule has 2 N–H and O–H groups in total. The zero-order valence-electron chi connectivity index (χ0n) is 14.0. The van der Waals surface area contributed by atoms with Gasteiger partial charge in [0.05, 0.1) is 18.3 Å². The van der Waals surface area contributed by atoms with Crippen LogP contribution in [0.1, 0.15) is 20.8 Å². The van der Waals surface area contributed by atoms with E-state index in [9.17, 15) is 4.79 Å². The van der Waals surface area contributed by atoms with Crippen LogP contribution >= 0.6 is 0 Å². The average molecular weight is 327 g/mol. The van der Waals surface area contributed by atoms with Gasteiger partial charge in [-0.2, -0.15) is 10.1 Å². The van der Waals surface area contributed by atoms with Gasteiger partial charge >= 0.3 is 0 Å². The number of nitrogens with one attached hydrogen (secondary N) is 2. The van der Waals surface area contributed by atoms with Crippen LogP contribution in [0.15, 0.2) is 41.3 Å². The first-order valence-corrected chi connectivity index (χ1v) is 7.85. The van der Waals surface area contributed by atoms with Crippen LogP contribution in [-0.4, -0.2) is 32.9 Å². The molecule has 0 bridgehead atoms. The number of aromatic amines is 1. The van der Waals surface area contributed by atoms with Crippen molar-refractivity contribution >= 4 is 17.0 Å². The lowest BCUT2D eigenvalue weighted by Crippen LogP contribution is -2.24. The summed E-state index contributed by atoms with van der Waals surface area (Å²) in [4.78, 5) is 19.4. The number of hydrogen-bond donors (Lipinski definition) is 2. The maximum Gasteiger partial charge on any atom is 0.263 e. The summed E-state index contributed by atoms with van der Waals surface area (Å²) >= 11 is 0. The van der Waals surface area contributed by atoms with E-state index in [0.29, 0.717) is 30.1 Å². The number of benzene rings is 1. The van der Waals surface area contributed by atoms with Crippen LogP contribution < -0.4 is 15.6 Å². The molecular formula is C17H21N5O2. The fourth-order valence-electron chi connectivity index (χ4n) is 2.35. The van der Waals surface area contributed by atoms with Gasteiger partial charge < -0.3 is 10.1 Å². The summed E-state index contributed by atoms with van der Waals surface area (Å²) in [7, 11) is 0. The monoisotopic (exact) mass is 327 g/mol. The molecule has 0 aliphatic rings. The van der Waals surface area contributed by atoms with Crippen LogP contribution in [0, 0.1) is 0 Å². The smallest absolute Gasteiger partial charge is 0.263 e. The van der Waals surface area contributed by atoms with E-state index in [1.807, 2.05) is 51.1 Å². The van der Waals surface area contributed by atoms with Gasteiger partial charge in [0.15, 0.2) is 5.65 Å². The molecule has 1 aromatic carbocycles. The highest BCUT2D eigenvalue weighted by Gasteiger charge is 2.19. The van der Waals surface area contributed by atoms with E-state index in [-0.39, 0.29) is 11.1 Å². The summed E-state index contributed by atoms with van der Waals surface area (Å²) in [6, 6.07) is 9.57. The number of aromatic nitrogens is 4. The third-order valence-corrected chi connectivity index (χ3v) is 3.48. The Kier molecular flexibility index (Phi) is 4.24. The van der Waals surface area contributed by atoms with E-state index in [4.69, 9.17) is 4.74 Å². The molecule has 126 valence electrons. The average Bonchev–Trinajstić information content (AvgIpc) is 2.97. The minimum absolute atomic E-state index is 0.207. The lowest BCUT2D eigenvalue weighted by Gasteiger charge is -2.19. The van der Waals surface area contributed by atoms with Crippen molar-refractivity contribution in [1.82, 2.24) is 19.7 Å². The summed E-state index contributed by atoms with van der Waals surface area (Å²) < 4.78 is 7.36. The fraction of sp³-hybridized carbons (Fsp3) is 0.353. The Labute approximate surface area is 139 Å². The number of ether oxygens (including phenoxy) is 1. The first-order chi connectivity index (χ1) is 11.4. The number of anilines is 1. The third-order valence-electron chi connectivity index (χ3n) is 3.48. The summed E-state index contributed by atoms with van der Waals surface area (Å²) in [6.45, 7) is 7.03. The number of hydrogen-bond acceptors (Lipinski definition) is 5. The lowest BCUT2D eigenvalue weighted by atomic mass is 10.1. The summed E-state index contributed by atoms with van der Waals surface area (Å²) in [5.74, 6) is 1.22. The van der Waals surface area contributed by atoms with Gasteiger partial charge in [0.2, 0.25) is 5.95 Å². The quantitative estimate of drug-likeness (QED) is 0.703. The number of rotatable bonds is 5. The molecular weight excluding hydrogens is 306 g/mol. The van der Waals surface area contributed by atoms with E-state index in [0.717, 1.165) is 5.75 Å². The molecule has 0 aliphatic heterocycles. The van der Waals surface area contributed by atoms with Crippen molar-refractivity contribution in [2.24, 2.45) is 0 Å². The molecule has 0 spiro atoms. The third kappa shape index (κ3) is 3.40. The summed E-state index contributed by atoms with van der Waals surface area (Å²) in [6.07, 6.45) is 1.55. The van der Waals surface area contributed by atoms with Gasteiger partial charge in [-0.1, -0.05) is 18.2 Å². The van der Waals surface area contributed by atoms with Crippen LogP contribution in [0.4, 0.5) is 5.95 Å². The number of H-pyrrole nitrogens is 1.